The molecule has 0 atom stereocenters. The van der Waals surface area contributed by atoms with Crippen molar-refractivity contribution < 1.29 is 9.53 Å². The summed E-state index contributed by atoms with van der Waals surface area (Å²) in [6.45, 7) is 0.0817. The summed E-state index contributed by atoms with van der Waals surface area (Å²) in [4.78, 5) is 14.3. The summed E-state index contributed by atoms with van der Waals surface area (Å²) in [5, 5.41) is 1.06. The Bertz CT molecular complexity index is 454. The van der Waals surface area contributed by atoms with E-state index in [1.54, 1.807) is 6.20 Å². The lowest BCUT2D eigenvalue weighted by Gasteiger charge is -2.02. The molecule has 1 aromatic heterocycles. The van der Waals surface area contributed by atoms with Crippen molar-refractivity contribution in [2.75, 3.05) is 6.61 Å². The van der Waals surface area contributed by atoms with E-state index in [0.29, 0.717) is 5.75 Å². The average Bonchev–Trinajstić information content (AvgIpc) is 2.26. The standard InChI is InChI=1S/C11H9NO2/c13-6-7-14-10-4-3-9-2-1-5-12-11(9)8-10/h1-6,8H,7H2. The van der Waals surface area contributed by atoms with Gasteiger partial charge in [0.1, 0.15) is 12.4 Å². The minimum Gasteiger partial charge on any atom is -0.486 e. The number of fused-ring (bicyclic) bond motifs is 1. The van der Waals surface area contributed by atoms with Crippen molar-refractivity contribution in [3.05, 3.63) is 36.5 Å². The van der Waals surface area contributed by atoms with Crippen LogP contribution in [-0.4, -0.2) is 17.9 Å². The average molecular weight is 187 g/mol. The molecule has 2 rings (SSSR count). The van der Waals surface area contributed by atoms with Crippen LogP contribution >= 0.6 is 0 Å². The molecule has 0 fully saturated rings. The Kier molecular flexibility index (Phi) is 2.40. The Morgan fingerprint density at radius 3 is 3.14 bits per heavy atom. The van der Waals surface area contributed by atoms with E-state index >= 15 is 0 Å². The molecule has 1 heterocycles. The fourth-order valence-corrected chi connectivity index (χ4v) is 1.27. The molecule has 1 aromatic carbocycles. The Morgan fingerprint density at radius 1 is 1.36 bits per heavy atom. The van der Waals surface area contributed by atoms with Gasteiger partial charge in [-0.25, -0.2) is 0 Å². The van der Waals surface area contributed by atoms with E-state index in [1.165, 1.54) is 0 Å². The first-order valence-electron chi connectivity index (χ1n) is 4.31. The van der Waals surface area contributed by atoms with Crippen molar-refractivity contribution in [3.8, 4) is 5.75 Å². The lowest BCUT2D eigenvalue weighted by molar-refractivity contribution is -0.109. The first kappa shape index (κ1) is 8.69. The Morgan fingerprint density at radius 2 is 2.29 bits per heavy atom. The predicted octanol–water partition coefficient (Wildman–Crippen LogP) is 1.81. The number of aldehydes is 1. The zero-order chi connectivity index (χ0) is 9.80. The summed E-state index contributed by atoms with van der Waals surface area (Å²) >= 11 is 0. The maximum atomic E-state index is 10.1. The van der Waals surface area contributed by atoms with Crippen LogP contribution in [0.25, 0.3) is 10.9 Å². The molecule has 0 aliphatic carbocycles. The van der Waals surface area contributed by atoms with Crippen LogP contribution in [0.3, 0.4) is 0 Å². The number of pyridine rings is 1. The third-order valence-corrected chi connectivity index (χ3v) is 1.90. The summed E-state index contributed by atoms with van der Waals surface area (Å²) in [5.74, 6) is 0.670. The van der Waals surface area contributed by atoms with E-state index in [-0.39, 0.29) is 6.61 Å². The molecule has 3 nitrogen and oxygen atoms in total. The highest BCUT2D eigenvalue weighted by Gasteiger charge is 1.96. The normalized spacial score (nSPS) is 10.0. The van der Waals surface area contributed by atoms with Gasteiger partial charge in [0.2, 0.25) is 0 Å². The molecule has 0 N–H and O–H groups in total. The van der Waals surface area contributed by atoms with Crippen LogP contribution in [-0.2, 0) is 4.79 Å². The van der Waals surface area contributed by atoms with Gasteiger partial charge in [-0.05, 0) is 18.2 Å². The van der Waals surface area contributed by atoms with Gasteiger partial charge in [-0.1, -0.05) is 6.07 Å². The second kappa shape index (κ2) is 3.87. The third kappa shape index (κ3) is 1.71. The zero-order valence-electron chi connectivity index (χ0n) is 7.51. The van der Waals surface area contributed by atoms with Crippen molar-refractivity contribution in [2.24, 2.45) is 0 Å². The molecule has 0 aliphatic rings. The van der Waals surface area contributed by atoms with Crippen LogP contribution in [0.15, 0.2) is 36.5 Å². The van der Waals surface area contributed by atoms with Gasteiger partial charge in [-0.15, -0.1) is 0 Å². The topological polar surface area (TPSA) is 39.2 Å². The van der Waals surface area contributed by atoms with E-state index in [4.69, 9.17) is 4.74 Å². The number of benzene rings is 1. The molecule has 0 aliphatic heterocycles. The molecule has 0 saturated carbocycles. The van der Waals surface area contributed by atoms with Crippen molar-refractivity contribution in [3.63, 3.8) is 0 Å². The van der Waals surface area contributed by atoms with Crippen LogP contribution in [0.2, 0.25) is 0 Å². The highest BCUT2D eigenvalue weighted by Crippen LogP contribution is 2.18. The second-order valence-electron chi connectivity index (χ2n) is 2.84. The number of carbonyl (C=O) groups is 1. The molecule has 2 aromatic rings. The first-order chi connectivity index (χ1) is 6.90. The maximum absolute atomic E-state index is 10.1. The van der Waals surface area contributed by atoms with Gasteiger partial charge < -0.3 is 4.74 Å². The molecular formula is C11H9NO2. The third-order valence-electron chi connectivity index (χ3n) is 1.90. The van der Waals surface area contributed by atoms with Crippen molar-refractivity contribution >= 4 is 17.2 Å². The van der Waals surface area contributed by atoms with Gasteiger partial charge in [-0.2, -0.15) is 0 Å². The quantitative estimate of drug-likeness (QED) is 0.688. The van der Waals surface area contributed by atoms with E-state index < -0.39 is 0 Å². The van der Waals surface area contributed by atoms with Gasteiger partial charge in [0, 0.05) is 17.6 Å². The molecule has 14 heavy (non-hydrogen) atoms. The fraction of sp³-hybridized carbons (Fsp3) is 0.0909. The van der Waals surface area contributed by atoms with Gasteiger partial charge in [0.15, 0.2) is 6.29 Å². The lowest BCUT2D eigenvalue weighted by Crippen LogP contribution is -1.97. The Balaban J connectivity index is 2.36. The van der Waals surface area contributed by atoms with Crippen molar-refractivity contribution in [2.45, 2.75) is 0 Å². The van der Waals surface area contributed by atoms with Gasteiger partial charge in [0.25, 0.3) is 0 Å². The van der Waals surface area contributed by atoms with Gasteiger partial charge in [0.05, 0.1) is 5.52 Å². The van der Waals surface area contributed by atoms with E-state index in [1.807, 2.05) is 30.3 Å². The number of nitrogens with zero attached hydrogens (tertiary/aromatic N) is 1. The monoisotopic (exact) mass is 187 g/mol. The molecule has 70 valence electrons. The van der Waals surface area contributed by atoms with Crippen LogP contribution in [0.4, 0.5) is 0 Å². The van der Waals surface area contributed by atoms with Crippen molar-refractivity contribution in [1.29, 1.82) is 0 Å². The van der Waals surface area contributed by atoms with Gasteiger partial charge >= 0.3 is 0 Å². The summed E-state index contributed by atoms with van der Waals surface area (Å²) in [5.41, 5.74) is 0.871. The molecule has 0 unspecified atom stereocenters. The number of hydrogen-bond acceptors (Lipinski definition) is 3. The largest absolute Gasteiger partial charge is 0.486 e. The molecule has 0 bridgehead atoms. The van der Waals surface area contributed by atoms with Crippen LogP contribution in [0.1, 0.15) is 0 Å². The second-order valence-corrected chi connectivity index (χ2v) is 2.84. The smallest absolute Gasteiger partial charge is 0.157 e. The van der Waals surface area contributed by atoms with Crippen molar-refractivity contribution in [1.82, 2.24) is 4.98 Å². The van der Waals surface area contributed by atoms with E-state index in [0.717, 1.165) is 17.2 Å². The highest BCUT2D eigenvalue weighted by molar-refractivity contribution is 5.79. The molecule has 0 spiro atoms. The molecule has 3 heteroatoms. The first-order valence-corrected chi connectivity index (χ1v) is 4.31. The Labute approximate surface area is 81.3 Å². The summed E-state index contributed by atoms with van der Waals surface area (Å²) in [6, 6.07) is 9.43. The Hall–Kier alpha value is -1.90. The fourth-order valence-electron chi connectivity index (χ4n) is 1.27. The summed E-state index contributed by atoms with van der Waals surface area (Å²) in [7, 11) is 0. The number of carbonyl (C=O) groups excluding carboxylic acids is 1. The zero-order valence-corrected chi connectivity index (χ0v) is 7.51. The molecular weight excluding hydrogens is 178 g/mol. The number of rotatable bonds is 3. The summed E-state index contributed by atoms with van der Waals surface area (Å²) < 4.78 is 5.16. The molecule has 0 radical (unpaired) electrons. The number of ether oxygens (including phenoxy) is 1. The lowest BCUT2D eigenvalue weighted by atomic mass is 10.2. The van der Waals surface area contributed by atoms with Gasteiger partial charge in [-0.3, -0.25) is 9.78 Å². The van der Waals surface area contributed by atoms with Crippen LogP contribution in [0, 0.1) is 0 Å². The minimum atomic E-state index is 0.0817. The van der Waals surface area contributed by atoms with Crippen LogP contribution < -0.4 is 4.74 Å². The summed E-state index contributed by atoms with van der Waals surface area (Å²) in [6.07, 6.45) is 2.45. The van der Waals surface area contributed by atoms with E-state index in [9.17, 15) is 4.79 Å². The number of hydrogen-bond donors (Lipinski definition) is 0. The van der Waals surface area contributed by atoms with Crippen LogP contribution in [0.5, 0.6) is 5.75 Å². The maximum Gasteiger partial charge on any atom is 0.157 e. The SMILES string of the molecule is O=CCOc1ccc2cccnc2c1. The molecule has 0 saturated heterocycles. The predicted molar refractivity (Wildman–Crippen MR) is 53.3 cm³/mol. The minimum absolute atomic E-state index is 0.0817. The van der Waals surface area contributed by atoms with E-state index in [2.05, 4.69) is 4.98 Å². The highest BCUT2D eigenvalue weighted by atomic mass is 16.5. The number of aromatic nitrogens is 1. The molecule has 0 amide bonds.